The summed E-state index contributed by atoms with van der Waals surface area (Å²) < 4.78 is 15.6. The lowest BCUT2D eigenvalue weighted by Gasteiger charge is -2.13. The summed E-state index contributed by atoms with van der Waals surface area (Å²) in [7, 11) is 4.57. The lowest BCUT2D eigenvalue weighted by Crippen LogP contribution is -2.00. The van der Waals surface area contributed by atoms with Crippen molar-refractivity contribution in [2.45, 2.75) is 13.8 Å². The van der Waals surface area contributed by atoms with Gasteiger partial charge in [0.1, 0.15) is 0 Å². The molecule has 0 atom stereocenters. The Morgan fingerprint density at radius 3 is 1.83 bits per heavy atom. The summed E-state index contributed by atoms with van der Waals surface area (Å²) in [5.41, 5.74) is 1.44. The molecule has 0 saturated carbocycles. The van der Waals surface area contributed by atoms with Crippen LogP contribution in [0.3, 0.4) is 0 Å². The Morgan fingerprint density at radius 2 is 1.50 bits per heavy atom. The molecule has 4 nitrogen and oxygen atoms in total. The van der Waals surface area contributed by atoms with Crippen LogP contribution in [-0.4, -0.2) is 27.1 Å². The minimum atomic E-state index is -0.0887. The van der Waals surface area contributed by atoms with E-state index < -0.39 is 0 Å². The average Bonchev–Trinajstić information content (AvgIpc) is 2.35. The molecule has 0 radical (unpaired) electrons. The van der Waals surface area contributed by atoms with Crippen molar-refractivity contribution in [3.05, 3.63) is 29.3 Å². The maximum atomic E-state index is 12.0. The van der Waals surface area contributed by atoms with E-state index in [0.29, 0.717) is 22.8 Å². The summed E-state index contributed by atoms with van der Waals surface area (Å²) in [6.07, 6.45) is 1.57. The zero-order chi connectivity index (χ0) is 13.7. The van der Waals surface area contributed by atoms with Crippen LogP contribution >= 0.6 is 0 Å². The summed E-state index contributed by atoms with van der Waals surface area (Å²) in [6.45, 7) is 3.74. The monoisotopic (exact) mass is 250 g/mol. The fourth-order valence-corrected chi connectivity index (χ4v) is 1.57. The van der Waals surface area contributed by atoms with Crippen molar-refractivity contribution < 1.29 is 19.0 Å². The first-order chi connectivity index (χ1) is 8.53. The third-order valence-corrected chi connectivity index (χ3v) is 2.37. The highest BCUT2D eigenvalue weighted by atomic mass is 16.5. The van der Waals surface area contributed by atoms with Gasteiger partial charge >= 0.3 is 0 Å². The van der Waals surface area contributed by atoms with Crippen molar-refractivity contribution in [1.29, 1.82) is 0 Å². The second-order valence-electron chi connectivity index (χ2n) is 4.00. The Hall–Kier alpha value is -1.97. The Labute approximate surface area is 107 Å². The lowest BCUT2D eigenvalue weighted by molar-refractivity contribution is 0.104. The van der Waals surface area contributed by atoms with Crippen molar-refractivity contribution in [1.82, 2.24) is 0 Å². The van der Waals surface area contributed by atoms with E-state index in [-0.39, 0.29) is 5.78 Å². The van der Waals surface area contributed by atoms with Crippen molar-refractivity contribution in [2.24, 2.45) is 0 Å². The number of allylic oxidation sites excluding steroid dienone is 2. The molecular formula is C14H18O4. The first kappa shape index (κ1) is 14.1. The third-order valence-electron chi connectivity index (χ3n) is 2.37. The number of hydrogen-bond donors (Lipinski definition) is 0. The van der Waals surface area contributed by atoms with E-state index in [1.807, 2.05) is 13.8 Å². The molecular weight excluding hydrogens is 232 g/mol. The predicted octanol–water partition coefficient (Wildman–Crippen LogP) is 2.86. The molecule has 0 aliphatic carbocycles. The first-order valence-corrected chi connectivity index (χ1v) is 5.52. The molecule has 0 unspecified atom stereocenters. The SMILES string of the molecule is COc1cc(C(=O)C=C(C)C)cc(OC)c1OC. The van der Waals surface area contributed by atoms with Gasteiger partial charge < -0.3 is 14.2 Å². The van der Waals surface area contributed by atoms with Gasteiger partial charge in [-0.1, -0.05) is 5.57 Å². The molecule has 4 heteroatoms. The van der Waals surface area contributed by atoms with Gasteiger partial charge in [-0.05, 0) is 32.1 Å². The number of ketones is 1. The van der Waals surface area contributed by atoms with Crippen molar-refractivity contribution in [2.75, 3.05) is 21.3 Å². The minimum absolute atomic E-state index is 0.0887. The van der Waals surface area contributed by atoms with Gasteiger partial charge in [0.15, 0.2) is 17.3 Å². The first-order valence-electron chi connectivity index (χ1n) is 5.52. The van der Waals surface area contributed by atoms with E-state index >= 15 is 0 Å². The quantitative estimate of drug-likeness (QED) is 0.595. The molecule has 0 spiro atoms. The summed E-state index contributed by atoms with van der Waals surface area (Å²) in [6, 6.07) is 3.28. The lowest BCUT2D eigenvalue weighted by atomic mass is 10.1. The maximum absolute atomic E-state index is 12.0. The van der Waals surface area contributed by atoms with Crippen molar-refractivity contribution >= 4 is 5.78 Å². The molecule has 0 fully saturated rings. The van der Waals surface area contributed by atoms with Crippen LogP contribution in [0.25, 0.3) is 0 Å². The fourth-order valence-electron chi connectivity index (χ4n) is 1.57. The van der Waals surface area contributed by atoms with Crippen LogP contribution in [0.15, 0.2) is 23.8 Å². The largest absolute Gasteiger partial charge is 0.493 e. The molecule has 1 aromatic rings. The zero-order valence-corrected chi connectivity index (χ0v) is 11.4. The molecule has 0 aromatic heterocycles. The highest BCUT2D eigenvalue weighted by Gasteiger charge is 2.15. The molecule has 0 bridgehead atoms. The van der Waals surface area contributed by atoms with Crippen LogP contribution < -0.4 is 14.2 Å². The van der Waals surface area contributed by atoms with E-state index in [2.05, 4.69) is 0 Å². The van der Waals surface area contributed by atoms with Gasteiger partial charge in [0.25, 0.3) is 0 Å². The minimum Gasteiger partial charge on any atom is -0.493 e. The Morgan fingerprint density at radius 1 is 1.00 bits per heavy atom. The van der Waals surface area contributed by atoms with Crippen LogP contribution in [0.1, 0.15) is 24.2 Å². The molecule has 0 aliphatic rings. The van der Waals surface area contributed by atoms with Gasteiger partial charge in [-0.2, -0.15) is 0 Å². The molecule has 0 amide bonds. The third kappa shape index (κ3) is 3.03. The number of carbonyl (C=O) groups excluding carboxylic acids is 1. The molecule has 98 valence electrons. The van der Waals surface area contributed by atoms with Gasteiger partial charge in [-0.3, -0.25) is 4.79 Å². The molecule has 0 aliphatic heterocycles. The molecule has 0 saturated heterocycles. The van der Waals surface area contributed by atoms with Gasteiger partial charge in [0.2, 0.25) is 5.75 Å². The van der Waals surface area contributed by atoms with Gasteiger partial charge in [-0.15, -0.1) is 0 Å². The number of carbonyl (C=O) groups is 1. The zero-order valence-electron chi connectivity index (χ0n) is 11.4. The van der Waals surface area contributed by atoms with E-state index in [1.165, 1.54) is 21.3 Å². The number of ether oxygens (including phenoxy) is 3. The van der Waals surface area contributed by atoms with E-state index in [9.17, 15) is 4.79 Å². The molecule has 1 rings (SSSR count). The average molecular weight is 250 g/mol. The number of methoxy groups -OCH3 is 3. The molecule has 0 heterocycles. The molecule has 18 heavy (non-hydrogen) atoms. The standard InChI is InChI=1S/C14H18O4/c1-9(2)6-11(15)10-7-12(16-3)14(18-5)13(8-10)17-4/h6-8H,1-5H3. The highest BCUT2D eigenvalue weighted by Crippen LogP contribution is 2.38. The van der Waals surface area contributed by atoms with Crippen LogP contribution in [-0.2, 0) is 0 Å². The summed E-state index contributed by atoms with van der Waals surface area (Å²) in [4.78, 5) is 12.0. The van der Waals surface area contributed by atoms with E-state index in [1.54, 1.807) is 18.2 Å². The van der Waals surface area contributed by atoms with Crippen molar-refractivity contribution in [3.63, 3.8) is 0 Å². The van der Waals surface area contributed by atoms with Crippen LogP contribution in [0.4, 0.5) is 0 Å². The van der Waals surface area contributed by atoms with Crippen molar-refractivity contribution in [3.8, 4) is 17.2 Å². The normalized spacial score (nSPS) is 9.61. The molecule has 0 N–H and O–H groups in total. The Kier molecular flexibility index (Phi) is 4.77. The maximum Gasteiger partial charge on any atom is 0.203 e. The van der Waals surface area contributed by atoms with Gasteiger partial charge in [0.05, 0.1) is 21.3 Å². The second-order valence-corrected chi connectivity index (χ2v) is 4.00. The predicted molar refractivity (Wildman–Crippen MR) is 69.9 cm³/mol. The highest BCUT2D eigenvalue weighted by molar-refractivity contribution is 6.05. The fraction of sp³-hybridized carbons (Fsp3) is 0.357. The number of rotatable bonds is 5. The Bertz CT molecular complexity index is 446. The summed E-state index contributed by atoms with van der Waals surface area (Å²) in [5, 5.41) is 0. The van der Waals surface area contributed by atoms with E-state index in [4.69, 9.17) is 14.2 Å². The Balaban J connectivity index is 3.31. The number of hydrogen-bond acceptors (Lipinski definition) is 4. The summed E-state index contributed by atoms with van der Waals surface area (Å²) in [5.74, 6) is 1.34. The topological polar surface area (TPSA) is 44.8 Å². The second kappa shape index (κ2) is 6.10. The number of benzene rings is 1. The smallest absolute Gasteiger partial charge is 0.203 e. The van der Waals surface area contributed by atoms with Crippen LogP contribution in [0.5, 0.6) is 17.2 Å². The van der Waals surface area contributed by atoms with Crippen LogP contribution in [0, 0.1) is 0 Å². The van der Waals surface area contributed by atoms with E-state index in [0.717, 1.165) is 5.57 Å². The van der Waals surface area contributed by atoms with Gasteiger partial charge in [-0.25, -0.2) is 0 Å². The molecule has 1 aromatic carbocycles. The van der Waals surface area contributed by atoms with Crippen LogP contribution in [0.2, 0.25) is 0 Å². The summed E-state index contributed by atoms with van der Waals surface area (Å²) >= 11 is 0. The van der Waals surface area contributed by atoms with Gasteiger partial charge in [0, 0.05) is 5.56 Å².